The predicted octanol–water partition coefficient (Wildman–Crippen LogP) is 2.94. The number of benzene rings is 1. The summed E-state index contributed by atoms with van der Waals surface area (Å²) in [6.45, 7) is 2.96. The minimum atomic E-state index is 0.0835. The van der Waals surface area contributed by atoms with Crippen LogP contribution in [-0.2, 0) is 11.3 Å². The summed E-state index contributed by atoms with van der Waals surface area (Å²) < 4.78 is 2.20. The SMILES string of the molecule is CN1CCCC(C(=O)Nc2cccc(-c3cn4c(n3)SCC4)c2)C1. The van der Waals surface area contributed by atoms with E-state index in [9.17, 15) is 4.79 Å². The largest absolute Gasteiger partial charge is 0.326 e. The van der Waals surface area contributed by atoms with E-state index in [1.807, 2.05) is 24.3 Å². The number of hydrogen-bond donors (Lipinski definition) is 1. The van der Waals surface area contributed by atoms with E-state index in [1.54, 1.807) is 11.8 Å². The summed E-state index contributed by atoms with van der Waals surface area (Å²) in [4.78, 5) is 19.4. The monoisotopic (exact) mass is 342 g/mol. The Morgan fingerprint density at radius 2 is 2.29 bits per heavy atom. The number of fused-ring (bicyclic) bond motifs is 1. The lowest BCUT2D eigenvalue weighted by atomic mass is 9.97. The van der Waals surface area contributed by atoms with Crippen LogP contribution < -0.4 is 5.32 Å². The molecule has 6 heteroatoms. The van der Waals surface area contributed by atoms with E-state index in [0.717, 1.165) is 60.3 Å². The van der Waals surface area contributed by atoms with E-state index in [-0.39, 0.29) is 11.8 Å². The topological polar surface area (TPSA) is 50.2 Å². The number of likely N-dealkylation sites (tertiary alicyclic amines) is 1. The van der Waals surface area contributed by atoms with Crippen molar-refractivity contribution in [2.75, 3.05) is 31.2 Å². The number of rotatable bonds is 3. The highest BCUT2D eigenvalue weighted by Crippen LogP contribution is 2.30. The van der Waals surface area contributed by atoms with Gasteiger partial charge in [0.25, 0.3) is 0 Å². The molecule has 1 atom stereocenters. The Morgan fingerprint density at radius 1 is 1.38 bits per heavy atom. The van der Waals surface area contributed by atoms with Gasteiger partial charge in [0.15, 0.2) is 5.16 Å². The van der Waals surface area contributed by atoms with Gasteiger partial charge in [-0.05, 0) is 38.6 Å². The van der Waals surface area contributed by atoms with Crippen molar-refractivity contribution in [2.45, 2.75) is 24.5 Å². The molecule has 5 nitrogen and oxygen atoms in total. The second kappa shape index (κ2) is 6.61. The minimum Gasteiger partial charge on any atom is -0.326 e. The van der Waals surface area contributed by atoms with Crippen LogP contribution >= 0.6 is 11.8 Å². The molecule has 0 radical (unpaired) electrons. The van der Waals surface area contributed by atoms with Crippen LogP contribution in [0.2, 0.25) is 0 Å². The van der Waals surface area contributed by atoms with Crippen LogP contribution in [0.3, 0.4) is 0 Å². The van der Waals surface area contributed by atoms with E-state index >= 15 is 0 Å². The molecule has 1 aromatic heterocycles. The lowest BCUT2D eigenvalue weighted by Crippen LogP contribution is -2.38. The fourth-order valence-corrected chi connectivity index (χ4v) is 4.37. The van der Waals surface area contributed by atoms with Gasteiger partial charge in [-0.1, -0.05) is 23.9 Å². The Morgan fingerprint density at radius 3 is 3.12 bits per heavy atom. The van der Waals surface area contributed by atoms with Gasteiger partial charge >= 0.3 is 0 Å². The Hall–Kier alpha value is -1.79. The van der Waals surface area contributed by atoms with Gasteiger partial charge in [-0.3, -0.25) is 4.79 Å². The van der Waals surface area contributed by atoms with Crippen LogP contribution in [-0.4, -0.2) is 46.2 Å². The molecular formula is C18H22N4OS. The van der Waals surface area contributed by atoms with Gasteiger partial charge < -0.3 is 14.8 Å². The maximum Gasteiger partial charge on any atom is 0.228 e. The van der Waals surface area contributed by atoms with Crippen molar-refractivity contribution in [3.8, 4) is 11.3 Å². The second-order valence-corrected chi connectivity index (χ2v) is 7.68. The molecule has 1 amide bonds. The van der Waals surface area contributed by atoms with E-state index in [1.165, 1.54) is 0 Å². The van der Waals surface area contributed by atoms with Gasteiger partial charge in [0.1, 0.15) is 0 Å². The summed E-state index contributed by atoms with van der Waals surface area (Å²) in [5.74, 6) is 1.32. The first-order valence-corrected chi connectivity index (χ1v) is 9.47. The molecule has 2 aliphatic rings. The van der Waals surface area contributed by atoms with Crippen molar-refractivity contribution in [1.82, 2.24) is 14.5 Å². The lowest BCUT2D eigenvalue weighted by Gasteiger charge is -2.28. The first-order chi connectivity index (χ1) is 11.7. The molecular weight excluding hydrogens is 320 g/mol. The third kappa shape index (κ3) is 3.21. The molecule has 1 unspecified atom stereocenters. The zero-order chi connectivity index (χ0) is 16.5. The molecule has 24 heavy (non-hydrogen) atoms. The number of nitrogens with zero attached hydrogens (tertiary/aromatic N) is 3. The number of aryl methyl sites for hydroxylation is 1. The lowest BCUT2D eigenvalue weighted by molar-refractivity contribution is -0.121. The van der Waals surface area contributed by atoms with Crippen LogP contribution in [0.15, 0.2) is 35.6 Å². The molecule has 0 bridgehead atoms. The number of anilines is 1. The number of carbonyl (C=O) groups is 1. The van der Waals surface area contributed by atoms with E-state index in [2.05, 4.69) is 33.0 Å². The molecule has 4 rings (SSSR count). The van der Waals surface area contributed by atoms with Crippen molar-refractivity contribution in [2.24, 2.45) is 5.92 Å². The number of imidazole rings is 1. The number of aromatic nitrogens is 2. The third-order valence-electron chi connectivity index (χ3n) is 4.72. The van der Waals surface area contributed by atoms with Crippen LogP contribution in [0, 0.1) is 5.92 Å². The molecule has 0 aliphatic carbocycles. The molecule has 2 aromatic rings. The van der Waals surface area contributed by atoms with Gasteiger partial charge in [0, 0.05) is 36.3 Å². The van der Waals surface area contributed by atoms with Crippen molar-refractivity contribution < 1.29 is 4.79 Å². The molecule has 2 aliphatic heterocycles. The number of hydrogen-bond acceptors (Lipinski definition) is 4. The van der Waals surface area contributed by atoms with Crippen LogP contribution in [0.1, 0.15) is 12.8 Å². The fraction of sp³-hybridized carbons (Fsp3) is 0.444. The normalized spacial score (nSPS) is 20.8. The van der Waals surface area contributed by atoms with Gasteiger partial charge in [0.05, 0.1) is 11.6 Å². The first-order valence-electron chi connectivity index (χ1n) is 8.49. The van der Waals surface area contributed by atoms with Crippen molar-refractivity contribution in [1.29, 1.82) is 0 Å². The number of carbonyl (C=O) groups excluding carboxylic acids is 1. The molecule has 3 heterocycles. The Labute approximate surface area is 146 Å². The Balaban J connectivity index is 1.49. The zero-order valence-electron chi connectivity index (χ0n) is 13.9. The maximum absolute atomic E-state index is 12.5. The maximum atomic E-state index is 12.5. The molecule has 1 fully saturated rings. The second-order valence-electron chi connectivity index (χ2n) is 6.62. The standard InChI is InChI=1S/C18H22N4OS/c1-21-7-3-5-14(11-21)17(23)19-15-6-2-4-13(10-15)16-12-22-8-9-24-18(22)20-16/h2,4,6,10,12,14H,3,5,7-9,11H2,1H3,(H,19,23). The van der Waals surface area contributed by atoms with E-state index in [0.29, 0.717) is 0 Å². The summed E-state index contributed by atoms with van der Waals surface area (Å²) in [5.41, 5.74) is 2.88. The third-order valence-corrected chi connectivity index (χ3v) is 5.70. The van der Waals surface area contributed by atoms with Crippen molar-refractivity contribution in [3.05, 3.63) is 30.5 Å². The van der Waals surface area contributed by atoms with E-state index < -0.39 is 0 Å². The summed E-state index contributed by atoms with van der Waals surface area (Å²) in [7, 11) is 2.08. The molecule has 0 spiro atoms. The zero-order valence-corrected chi connectivity index (χ0v) is 14.7. The Kier molecular flexibility index (Phi) is 4.33. The highest BCUT2D eigenvalue weighted by atomic mass is 32.2. The van der Waals surface area contributed by atoms with Crippen molar-refractivity contribution in [3.63, 3.8) is 0 Å². The van der Waals surface area contributed by atoms with Crippen molar-refractivity contribution >= 4 is 23.4 Å². The molecule has 126 valence electrons. The number of nitrogens with one attached hydrogen (secondary N) is 1. The highest BCUT2D eigenvalue weighted by Gasteiger charge is 2.24. The Bertz CT molecular complexity index is 736. The van der Waals surface area contributed by atoms with Crippen LogP contribution in [0.25, 0.3) is 11.3 Å². The van der Waals surface area contributed by atoms with E-state index in [4.69, 9.17) is 0 Å². The first kappa shape index (κ1) is 15.7. The number of piperidine rings is 1. The summed E-state index contributed by atoms with van der Waals surface area (Å²) >= 11 is 1.79. The molecule has 0 saturated carbocycles. The minimum absolute atomic E-state index is 0.0835. The summed E-state index contributed by atoms with van der Waals surface area (Å²) in [5, 5.41) is 4.17. The quantitative estimate of drug-likeness (QED) is 0.932. The van der Waals surface area contributed by atoms with Gasteiger partial charge in [-0.15, -0.1) is 0 Å². The predicted molar refractivity (Wildman–Crippen MR) is 97.2 cm³/mol. The van der Waals surface area contributed by atoms with Crippen LogP contribution in [0.5, 0.6) is 0 Å². The smallest absolute Gasteiger partial charge is 0.228 e. The van der Waals surface area contributed by atoms with Gasteiger partial charge in [0.2, 0.25) is 5.91 Å². The highest BCUT2D eigenvalue weighted by molar-refractivity contribution is 7.99. The average Bonchev–Trinajstić information content (AvgIpc) is 3.17. The summed E-state index contributed by atoms with van der Waals surface area (Å²) in [6.07, 6.45) is 4.17. The number of thioether (sulfide) groups is 1. The fourth-order valence-electron chi connectivity index (χ4n) is 3.43. The molecule has 1 N–H and O–H groups in total. The number of amides is 1. The molecule has 1 saturated heterocycles. The van der Waals surface area contributed by atoms with Gasteiger partial charge in [-0.2, -0.15) is 0 Å². The average molecular weight is 342 g/mol. The van der Waals surface area contributed by atoms with Crippen LogP contribution in [0.4, 0.5) is 5.69 Å². The summed E-state index contributed by atoms with van der Waals surface area (Å²) in [6, 6.07) is 8.00. The van der Waals surface area contributed by atoms with Gasteiger partial charge in [-0.25, -0.2) is 4.98 Å². The molecule has 1 aromatic carbocycles.